The molecule has 0 amide bonds. The third-order valence-corrected chi connectivity index (χ3v) is 55.9. The third-order valence-electron chi connectivity index (χ3n) is 19.9. The van der Waals surface area contributed by atoms with E-state index in [1.54, 1.807) is 0 Å². The van der Waals surface area contributed by atoms with Gasteiger partial charge in [-0.1, -0.05) is 111 Å². The molecule has 0 aliphatic heterocycles. The van der Waals surface area contributed by atoms with Crippen molar-refractivity contribution in [2.45, 2.75) is 263 Å². The Labute approximate surface area is 576 Å². The summed E-state index contributed by atoms with van der Waals surface area (Å²) in [6.07, 6.45) is 8.00. The highest BCUT2D eigenvalue weighted by atomic mass is 28.5. The molecule has 0 N–H and O–H groups in total. The molecule has 8 atom stereocenters. The molecular formula is C66H158N8O9Si8. The first-order valence-corrected chi connectivity index (χ1v) is 58.0. The molecule has 0 fully saturated rings. The average Bonchev–Trinajstić information content (AvgIpc) is 0.988. The van der Waals surface area contributed by atoms with Gasteiger partial charge in [-0.2, -0.15) is 0 Å². The SMILES string of the molecule is CCN(CC)CCC[Si](C)(OC)O[Si](C)(CCCN(CC)CC)O[Si](C)(CCCN(CC)CC)O[Si](C)(CCCN(CC)CC)O[Si](C)(CCCN(CC)CC)O[Si](C)(CCCN(CC)CC)O[Si](C)(CCCN(CC)CC)O[Si](C)(CCCN(CC)CC)OC. The second kappa shape index (κ2) is 49.6. The van der Waals surface area contributed by atoms with Crippen LogP contribution in [0.1, 0.15) is 162 Å². The Kier molecular flexibility index (Phi) is 50.1. The molecule has 0 aliphatic rings. The highest BCUT2D eigenvalue weighted by molar-refractivity contribution is 6.93. The van der Waals surface area contributed by atoms with Crippen LogP contribution in [0.4, 0.5) is 0 Å². The lowest BCUT2D eigenvalue weighted by Crippen LogP contribution is -2.65. The molecule has 0 saturated carbocycles. The molecule has 17 nitrogen and oxygen atoms in total. The standard InChI is InChI=1S/C66H158N8O9Si8/c1-27-67(28-2)51-43-59-84(19,75-17)77-86(21,61-45-53-69(31-5)32-6)79-88(23,63-47-55-71(35-9)36-10)81-90(25,65-49-57-73(39-13)40-14)83-91(26,66-50-58-74(41-15)42-16)82-89(24,64-48-56-72(37-11)38-12)80-87(22,62-46-54-70(33-7)34-8)78-85(20,76-18)60-44-52-68(29-3)30-4/h27-66H2,1-26H3. The van der Waals surface area contributed by atoms with Crippen LogP contribution >= 0.6 is 0 Å². The summed E-state index contributed by atoms with van der Waals surface area (Å²) >= 11 is 0. The zero-order valence-electron chi connectivity index (χ0n) is 65.5. The van der Waals surface area contributed by atoms with Gasteiger partial charge in [0.2, 0.25) is 0 Å². The van der Waals surface area contributed by atoms with Gasteiger partial charge in [-0.15, -0.1) is 0 Å². The Morgan fingerprint density at radius 1 is 0.176 bits per heavy atom. The summed E-state index contributed by atoms with van der Waals surface area (Å²) in [5, 5.41) is 0. The summed E-state index contributed by atoms with van der Waals surface area (Å²) in [6, 6.07) is 7.00. The van der Waals surface area contributed by atoms with Crippen LogP contribution in [0.15, 0.2) is 0 Å². The van der Waals surface area contributed by atoms with Gasteiger partial charge >= 0.3 is 68.5 Å². The van der Waals surface area contributed by atoms with E-state index in [1.165, 1.54) is 0 Å². The summed E-state index contributed by atoms with van der Waals surface area (Å²) in [4.78, 5) is 20.4. The van der Waals surface area contributed by atoms with Gasteiger partial charge in [0.25, 0.3) is 0 Å². The maximum Gasteiger partial charge on any atom is 0.325 e. The fraction of sp³-hybridized carbons (Fsp3) is 1.00. The Morgan fingerprint density at radius 2 is 0.275 bits per heavy atom. The van der Waals surface area contributed by atoms with Crippen LogP contribution in [-0.2, 0) is 37.7 Å². The minimum Gasteiger partial charge on any atom is -0.416 e. The van der Waals surface area contributed by atoms with Crippen molar-refractivity contribution in [3.05, 3.63) is 0 Å². The lowest BCUT2D eigenvalue weighted by atomic mass is 10.4. The summed E-state index contributed by atoms with van der Waals surface area (Å²) in [7, 11) is -20.5. The lowest BCUT2D eigenvalue weighted by molar-refractivity contribution is 0.220. The van der Waals surface area contributed by atoms with E-state index in [1.807, 2.05) is 14.2 Å². The van der Waals surface area contributed by atoms with Gasteiger partial charge < -0.3 is 76.9 Å². The Morgan fingerprint density at radius 3 is 0.374 bits per heavy atom. The molecule has 0 radical (unpaired) electrons. The first-order valence-electron chi connectivity index (χ1n) is 37.8. The first kappa shape index (κ1) is 92.1. The first-order chi connectivity index (χ1) is 43.0. The van der Waals surface area contributed by atoms with Crippen molar-refractivity contribution in [1.29, 1.82) is 0 Å². The van der Waals surface area contributed by atoms with E-state index in [0.717, 1.165) is 257 Å². The van der Waals surface area contributed by atoms with Crippen molar-refractivity contribution in [1.82, 2.24) is 39.2 Å². The fourth-order valence-corrected chi connectivity index (χ4v) is 55.7. The maximum atomic E-state index is 8.38. The largest absolute Gasteiger partial charge is 0.416 e. The minimum absolute atomic E-state index is 0.845. The molecule has 0 spiro atoms. The lowest BCUT2D eigenvalue weighted by Gasteiger charge is -2.48. The van der Waals surface area contributed by atoms with Crippen molar-refractivity contribution in [3.8, 4) is 0 Å². The molecule has 0 saturated heterocycles. The van der Waals surface area contributed by atoms with Gasteiger partial charge in [-0.25, -0.2) is 0 Å². The van der Waals surface area contributed by atoms with E-state index in [0.29, 0.717) is 0 Å². The third kappa shape index (κ3) is 38.4. The molecule has 0 aromatic heterocycles. The molecule has 25 heteroatoms. The molecule has 91 heavy (non-hydrogen) atoms. The zero-order chi connectivity index (χ0) is 69.3. The highest BCUT2D eigenvalue weighted by Crippen LogP contribution is 2.39. The molecule has 0 aromatic rings. The van der Waals surface area contributed by atoms with Crippen LogP contribution < -0.4 is 0 Å². The molecule has 8 unspecified atom stereocenters. The van der Waals surface area contributed by atoms with Crippen molar-refractivity contribution in [3.63, 3.8) is 0 Å². The van der Waals surface area contributed by atoms with Gasteiger partial charge in [-0.05, 0) is 309 Å². The normalized spacial score (nSPS) is 18.1. The van der Waals surface area contributed by atoms with Crippen LogP contribution in [0, 0.1) is 0 Å². The highest BCUT2D eigenvalue weighted by Gasteiger charge is 2.56. The molecular weight excluding hydrogens is 1270 g/mol. The smallest absolute Gasteiger partial charge is 0.325 e. The van der Waals surface area contributed by atoms with Crippen LogP contribution in [-0.4, -0.2) is 279 Å². The quantitative estimate of drug-likeness (QED) is 0.0538. The average molecular weight is 1430 g/mol. The van der Waals surface area contributed by atoms with Crippen molar-refractivity contribution in [2.24, 2.45) is 0 Å². The van der Waals surface area contributed by atoms with E-state index in [9.17, 15) is 0 Å². The van der Waals surface area contributed by atoms with E-state index in [-0.39, 0.29) is 0 Å². The molecule has 0 aliphatic carbocycles. The van der Waals surface area contributed by atoms with Crippen molar-refractivity contribution in [2.75, 3.05) is 171 Å². The second-order valence-corrected chi connectivity index (χ2v) is 55.9. The number of rotatable bonds is 64. The minimum atomic E-state index is -3.24. The zero-order valence-corrected chi connectivity index (χ0v) is 73.5. The second-order valence-electron chi connectivity index (χ2n) is 27.2. The predicted octanol–water partition coefficient (Wildman–Crippen LogP) is 14.8. The topological polar surface area (TPSA) is 109 Å². The van der Waals surface area contributed by atoms with Gasteiger partial charge in [-0.3, -0.25) is 0 Å². The van der Waals surface area contributed by atoms with Crippen LogP contribution in [0.2, 0.25) is 101 Å². The molecule has 0 rings (SSSR count). The van der Waals surface area contributed by atoms with E-state index in [2.05, 4.69) is 202 Å². The van der Waals surface area contributed by atoms with E-state index in [4.69, 9.17) is 37.7 Å². The Balaban J connectivity index is 8.80. The summed E-state index contributed by atoms with van der Waals surface area (Å²) in [5.74, 6) is 0. The van der Waals surface area contributed by atoms with Crippen LogP contribution in [0.5, 0.6) is 0 Å². The summed E-state index contributed by atoms with van der Waals surface area (Å²) in [6.45, 7) is 80.0. The molecule has 0 aromatic carbocycles. The molecule has 548 valence electrons. The molecule has 0 bridgehead atoms. The fourth-order valence-electron chi connectivity index (χ4n) is 13.6. The summed E-state index contributed by atoms with van der Waals surface area (Å²) < 4.78 is 70.2. The Bertz CT molecular complexity index is 1640. The van der Waals surface area contributed by atoms with Crippen molar-refractivity contribution >= 4 is 68.5 Å². The van der Waals surface area contributed by atoms with E-state index < -0.39 is 68.5 Å². The number of nitrogens with zero attached hydrogens (tertiary/aromatic N) is 8. The summed E-state index contributed by atoms with van der Waals surface area (Å²) in [5.41, 5.74) is 0. The predicted molar refractivity (Wildman–Crippen MR) is 412 cm³/mol. The number of hydrogen-bond acceptors (Lipinski definition) is 17. The van der Waals surface area contributed by atoms with Gasteiger partial charge in [0, 0.05) is 14.2 Å². The number of hydrogen-bond donors (Lipinski definition) is 0. The van der Waals surface area contributed by atoms with Gasteiger partial charge in [0.15, 0.2) is 0 Å². The van der Waals surface area contributed by atoms with Gasteiger partial charge in [0.1, 0.15) is 0 Å². The monoisotopic (exact) mass is 1430 g/mol. The molecule has 0 heterocycles. The van der Waals surface area contributed by atoms with Crippen LogP contribution in [0.3, 0.4) is 0 Å². The van der Waals surface area contributed by atoms with Crippen molar-refractivity contribution < 1.29 is 37.7 Å². The Hall–Kier alpha value is 1.06. The maximum absolute atomic E-state index is 8.38. The van der Waals surface area contributed by atoms with Gasteiger partial charge in [0.05, 0.1) is 0 Å². The van der Waals surface area contributed by atoms with E-state index >= 15 is 0 Å². The van der Waals surface area contributed by atoms with Crippen LogP contribution in [0.25, 0.3) is 0 Å².